The number of carbonyl (C=O) groups is 1. The van der Waals surface area contributed by atoms with Crippen molar-refractivity contribution in [3.63, 3.8) is 0 Å². The first kappa shape index (κ1) is 13.8. The number of hydrogen-bond donors (Lipinski definition) is 0. The van der Waals surface area contributed by atoms with E-state index in [4.69, 9.17) is 4.74 Å². The molecule has 1 aliphatic rings. The zero-order chi connectivity index (χ0) is 14.8. The van der Waals surface area contributed by atoms with Crippen molar-refractivity contribution in [2.75, 3.05) is 26.8 Å². The third kappa shape index (κ3) is 2.45. The Morgan fingerprint density at radius 3 is 2.71 bits per heavy atom. The summed E-state index contributed by atoms with van der Waals surface area (Å²) in [6.45, 7) is 2.32. The minimum atomic E-state index is -0.131. The summed E-state index contributed by atoms with van der Waals surface area (Å²) in [6.07, 6.45) is 1.03. The van der Waals surface area contributed by atoms with Gasteiger partial charge in [0, 0.05) is 32.1 Å². The van der Waals surface area contributed by atoms with Crippen LogP contribution in [0.5, 0.6) is 0 Å². The summed E-state index contributed by atoms with van der Waals surface area (Å²) in [5.41, 5.74) is 0.324. The van der Waals surface area contributed by atoms with Gasteiger partial charge in [-0.1, -0.05) is 18.2 Å². The van der Waals surface area contributed by atoms with Gasteiger partial charge in [0.25, 0.3) is 11.5 Å². The van der Waals surface area contributed by atoms with Gasteiger partial charge in [0.15, 0.2) is 0 Å². The number of nitrogens with zero attached hydrogens (tertiary/aromatic N) is 2. The van der Waals surface area contributed by atoms with Gasteiger partial charge in [-0.3, -0.25) is 9.59 Å². The molecule has 110 valence electrons. The molecule has 0 radical (unpaired) electrons. The quantitative estimate of drug-likeness (QED) is 0.855. The van der Waals surface area contributed by atoms with Gasteiger partial charge in [0.05, 0.1) is 6.61 Å². The SMILES string of the molecule is COCCn1c(C(=O)N2CCC2)cc2ccccc2c1=O. The highest BCUT2D eigenvalue weighted by Gasteiger charge is 2.25. The lowest BCUT2D eigenvalue weighted by molar-refractivity contribution is 0.0636. The molecule has 0 N–H and O–H groups in total. The summed E-state index contributed by atoms with van der Waals surface area (Å²) in [4.78, 5) is 26.9. The number of aromatic nitrogens is 1. The van der Waals surface area contributed by atoms with Crippen molar-refractivity contribution < 1.29 is 9.53 Å². The zero-order valence-corrected chi connectivity index (χ0v) is 12.0. The Labute approximate surface area is 122 Å². The van der Waals surface area contributed by atoms with Gasteiger partial charge < -0.3 is 14.2 Å². The molecule has 1 fully saturated rings. The van der Waals surface area contributed by atoms with Gasteiger partial charge in [0.2, 0.25) is 0 Å². The lowest BCUT2D eigenvalue weighted by Crippen LogP contribution is -2.44. The summed E-state index contributed by atoms with van der Waals surface area (Å²) >= 11 is 0. The number of fused-ring (bicyclic) bond motifs is 1. The maximum absolute atomic E-state index is 12.6. The third-order valence-electron chi connectivity index (χ3n) is 3.90. The maximum atomic E-state index is 12.6. The average molecular weight is 286 g/mol. The Kier molecular flexibility index (Phi) is 3.75. The van der Waals surface area contributed by atoms with E-state index < -0.39 is 0 Å². The lowest BCUT2D eigenvalue weighted by atomic mass is 10.1. The fourth-order valence-electron chi connectivity index (χ4n) is 2.56. The van der Waals surface area contributed by atoms with Crippen LogP contribution in [0.4, 0.5) is 0 Å². The Balaban J connectivity index is 2.15. The molecule has 0 spiro atoms. The van der Waals surface area contributed by atoms with Crippen LogP contribution in [-0.4, -0.2) is 42.2 Å². The van der Waals surface area contributed by atoms with E-state index in [0.717, 1.165) is 24.9 Å². The van der Waals surface area contributed by atoms with Crippen LogP contribution in [0.1, 0.15) is 16.9 Å². The smallest absolute Gasteiger partial charge is 0.270 e. The van der Waals surface area contributed by atoms with Gasteiger partial charge in [0.1, 0.15) is 5.69 Å². The number of rotatable bonds is 4. The molecule has 1 aromatic heterocycles. The first-order valence-corrected chi connectivity index (χ1v) is 7.13. The monoisotopic (exact) mass is 286 g/mol. The second kappa shape index (κ2) is 5.69. The van der Waals surface area contributed by atoms with Crippen molar-refractivity contribution in [3.05, 3.63) is 46.4 Å². The van der Waals surface area contributed by atoms with Crippen LogP contribution in [0.25, 0.3) is 10.8 Å². The van der Waals surface area contributed by atoms with Gasteiger partial charge in [-0.15, -0.1) is 0 Å². The molecule has 5 heteroatoms. The number of ether oxygens (including phenoxy) is 1. The highest BCUT2D eigenvalue weighted by molar-refractivity contribution is 5.97. The van der Waals surface area contributed by atoms with E-state index in [-0.39, 0.29) is 11.5 Å². The van der Waals surface area contributed by atoms with E-state index in [2.05, 4.69) is 0 Å². The molecule has 1 saturated heterocycles. The van der Waals surface area contributed by atoms with Crippen molar-refractivity contribution in [1.82, 2.24) is 9.47 Å². The van der Waals surface area contributed by atoms with E-state index >= 15 is 0 Å². The number of hydrogen-bond acceptors (Lipinski definition) is 3. The summed E-state index contributed by atoms with van der Waals surface area (Å²) < 4.78 is 6.60. The van der Waals surface area contributed by atoms with Crippen molar-refractivity contribution >= 4 is 16.7 Å². The molecular weight excluding hydrogens is 268 g/mol. The van der Waals surface area contributed by atoms with Crippen molar-refractivity contribution in [2.24, 2.45) is 0 Å². The predicted octanol–water partition coefficient (Wildman–Crippen LogP) is 1.49. The largest absolute Gasteiger partial charge is 0.383 e. The Morgan fingerprint density at radius 2 is 2.05 bits per heavy atom. The molecule has 0 unspecified atom stereocenters. The molecule has 0 aliphatic carbocycles. The molecule has 3 rings (SSSR count). The predicted molar refractivity (Wildman–Crippen MR) is 80.6 cm³/mol. The second-order valence-corrected chi connectivity index (χ2v) is 5.21. The van der Waals surface area contributed by atoms with E-state index in [9.17, 15) is 9.59 Å². The van der Waals surface area contributed by atoms with Crippen LogP contribution in [0.3, 0.4) is 0 Å². The number of amides is 1. The normalized spacial score (nSPS) is 14.2. The number of carbonyl (C=O) groups excluding carboxylic acids is 1. The van der Waals surface area contributed by atoms with Gasteiger partial charge in [-0.05, 0) is 23.9 Å². The van der Waals surface area contributed by atoms with Crippen LogP contribution in [0.2, 0.25) is 0 Å². The fraction of sp³-hybridized carbons (Fsp3) is 0.375. The van der Waals surface area contributed by atoms with E-state index in [1.54, 1.807) is 18.1 Å². The van der Waals surface area contributed by atoms with Crippen LogP contribution in [0.15, 0.2) is 35.1 Å². The fourth-order valence-corrected chi connectivity index (χ4v) is 2.56. The second-order valence-electron chi connectivity index (χ2n) is 5.21. The Bertz CT molecular complexity index is 732. The molecule has 0 bridgehead atoms. The number of likely N-dealkylation sites (tertiary alicyclic amines) is 1. The summed E-state index contributed by atoms with van der Waals surface area (Å²) in [7, 11) is 1.59. The number of benzene rings is 1. The van der Waals surface area contributed by atoms with Gasteiger partial charge >= 0.3 is 0 Å². The summed E-state index contributed by atoms with van der Waals surface area (Å²) in [5, 5.41) is 1.44. The minimum Gasteiger partial charge on any atom is -0.383 e. The van der Waals surface area contributed by atoms with Crippen LogP contribution in [0, 0.1) is 0 Å². The molecule has 0 saturated carbocycles. The first-order valence-electron chi connectivity index (χ1n) is 7.13. The summed E-state index contributed by atoms with van der Waals surface area (Å²) in [5.74, 6) is -0.0693. The lowest BCUT2D eigenvalue weighted by Gasteiger charge is -2.31. The Hall–Kier alpha value is -2.14. The molecule has 21 heavy (non-hydrogen) atoms. The summed E-state index contributed by atoms with van der Waals surface area (Å²) in [6, 6.07) is 9.18. The molecule has 2 aromatic rings. The van der Waals surface area contributed by atoms with E-state index in [1.165, 1.54) is 4.57 Å². The van der Waals surface area contributed by atoms with Crippen molar-refractivity contribution in [3.8, 4) is 0 Å². The highest BCUT2D eigenvalue weighted by atomic mass is 16.5. The first-order chi connectivity index (χ1) is 10.2. The van der Waals surface area contributed by atoms with E-state index in [1.807, 2.05) is 24.3 Å². The van der Waals surface area contributed by atoms with Crippen molar-refractivity contribution in [2.45, 2.75) is 13.0 Å². The molecule has 1 aliphatic heterocycles. The molecule has 1 aromatic carbocycles. The Morgan fingerprint density at radius 1 is 1.29 bits per heavy atom. The molecule has 0 atom stereocenters. The van der Waals surface area contributed by atoms with Crippen molar-refractivity contribution in [1.29, 1.82) is 0 Å². The highest BCUT2D eigenvalue weighted by Crippen LogP contribution is 2.16. The average Bonchev–Trinajstić information content (AvgIpc) is 2.44. The van der Waals surface area contributed by atoms with Crippen LogP contribution >= 0.6 is 0 Å². The minimum absolute atomic E-state index is 0.0693. The van der Waals surface area contributed by atoms with Crippen LogP contribution in [-0.2, 0) is 11.3 Å². The third-order valence-corrected chi connectivity index (χ3v) is 3.90. The molecule has 5 nitrogen and oxygen atoms in total. The number of pyridine rings is 1. The van der Waals surface area contributed by atoms with Gasteiger partial charge in [-0.25, -0.2) is 0 Å². The molecule has 1 amide bonds. The standard InChI is InChI=1S/C16H18N2O3/c1-21-10-9-18-14(16(20)17-7-4-8-17)11-12-5-2-3-6-13(12)15(18)19/h2-3,5-6,11H,4,7-10H2,1H3. The molecule has 2 heterocycles. The van der Waals surface area contributed by atoms with Crippen LogP contribution < -0.4 is 5.56 Å². The zero-order valence-electron chi connectivity index (χ0n) is 12.0. The molecular formula is C16H18N2O3. The topological polar surface area (TPSA) is 51.5 Å². The number of methoxy groups -OCH3 is 1. The maximum Gasteiger partial charge on any atom is 0.270 e. The van der Waals surface area contributed by atoms with E-state index in [0.29, 0.717) is 24.2 Å². The van der Waals surface area contributed by atoms with Gasteiger partial charge in [-0.2, -0.15) is 0 Å².